The van der Waals surface area contributed by atoms with Crippen LogP contribution in [0.25, 0.3) is 0 Å². The van der Waals surface area contributed by atoms with Crippen molar-refractivity contribution in [3.05, 3.63) is 11.9 Å². The van der Waals surface area contributed by atoms with Crippen molar-refractivity contribution in [3.63, 3.8) is 0 Å². The summed E-state index contributed by atoms with van der Waals surface area (Å²) in [5.41, 5.74) is 0.351. The molecule has 6 nitrogen and oxygen atoms in total. The fourth-order valence-corrected chi connectivity index (χ4v) is 2.44. The largest absolute Gasteiger partial charge is 0.466 e. The van der Waals surface area contributed by atoms with E-state index in [0.29, 0.717) is 25.4 Å². The first kappa shape index (κ1) is 12.9. The molecule has 0 unspecified atom stereocenters. The molecule has 1 saturated heterocycles. The minimum atomic E-state index is -0.216. The predicted octanol–water partition coefficient (Wildman–Crippen LogP) is 0.953. The number of amides is 1. The molecule has 0 spiro atoms. The number of ether oxygens (including phenoxy) is 1. The molecule has 1 amide bonds. The van der Waals surface area contributed by atoms with Crippen LogP contribution in [0.5, 0.6) is 0 Å². The Balaban J connectivity index is 1.98. The van der Waals surface area contributed by atoms with Gasteiger partial charge in [0, 0.05) is 13.1 Å². The van der Waals surface area contributed by atoms with Crippen molar-refractivity contribution in [2.45, 2.75) is 19.8 Å². The summed E-state index contributed by atoms with van der Waals surface area (Å²) in [4.78, 5) is 25.4. The normalized spacial score (nSPS) is 19.6. The zero-order valence-electron chi connectivity index (χ0n) is 10.2. The fraction of sp³-hybridized carbons (Fsp3) is 0.636. The third kappa shape index (κ3) is 2.84. The summed E-state index contributed by atoms with van der Waals surface area (Å²) in [6.45, 7) is 3.23. The van der Waals surface area contributed by atoms with Crippen molar-refractivity contribution in [3.8, 4) is 0 Å². The van der Waals surface area contributed by atoms with E-state index in [9.17, 15) is 9.59 Å². The number of nitrogens with zero attached hydrogens (tertiary/aromatic N) is 3. The lowest BCUT2D eigenvalue weighted by Crippen LogP contribution is -2.42. The molecular weight excluding hydrogens is 254 g/mol. The maximum Gasteiger partial charge on any atom is 0.310 e. The first-order valence-corrected chi connectivity index (χ1v) is 6.69. The molecule has 1 aromatic heterocycles. The molecule has 0 radical (unpaired) electrons. The van der Waals surface area contributed by atoms with E-state index in [2.05, 4.69) is 8.75 Å². The van der Waals surface area contributed by atoms with Crippen LogP contribution in [-0.4, -0.2) is 45.2 Å². The third-order valence-corrected chi connectivity index (χ3v) is 3.39. The van der Waals surface area contributed by atoms with Crippen molar-refractivity contribution < 1.29 is 14.3 Å². The molecule has 1 aliphatic rings. The Kier molecular flexibility index (Phi) is 4.24. The molecule has 1 atom stereocenters. The number of piperidine rings is 1. The Morgan fingerprint density at radius 2 is 2.44 bits per heavy atom. The van der Waals surface area contributed by atoms with E-state index in [0.717, 1.165) is 24.6 Å². The number of esters is 1. The molecule has 0 saturated carbocycles. The molecule has 2 rings (SSSR count). The van der Waals surface area contributed by atoms with Crippen molar-refractivity contribution in [1.82, 2.24) is 13.6 Å². The molecule has 0 bridgehead atoms. The topological polar surface area (TPSA) is 72.4 Å². The van der Waals surface area contributed by atoms with Gasteiger partial charge < -0.3 is 9.64 Å². The molecule has 98 valence electrons. The van der Waals surface area contributed by atoms with Crippen LogP contribution in [-0.2, 0) is 9.53 Å². The second-order valence-electron chi connectivity index (χ2n) is 4.14. The van der Waals surface area contributed by atoms with E-state index >= 15 is 0 Å². The van der Waals surface area contributed by atoms with Crippen LogP contribution in [0.1, 0.15) is 30.3 Å². The molecule has 0 N–H and O–H groups in total. The summed E-state index contributed by atoms with van der Waals surface area (Å²) in [5, 5.41) is 0. The zero-order valence-corrected chi connectivity index (χ0v) is 11.0. The number of hydrogen-bond donors (Lipinski definition) is 0. The lowest BCUT2D eigenvalue weighted by molar-refractivity contribution is -0.149. The highest BCUT2D eigenvalue weighted by molar-refractivity contribution is 6.99. The van der Waals surface area contributed by atoms with Gasteiger partial charge in [-0.25, -0.2) is 0 Å². The summed E-state index contributed by atoms with van der Waals surface area (Å²) in [7, 11) is 0. The second kappa shape index (κ2) is 5.90. The average molecular weight is 269 g/mol. The Hall–Kier alpha value is -1.50. The van der Waals surface area contributed by atoms with Crippen LogP contribution in [0.4, 0.5) is 0 Å². The van der Waals surface area contributed by atoms with Gasteiger partial charge in [-0.15, -0.1) is 0 Å². The molecule has 1 aromatic rings. The summed E-state index contributed by atoms with van der Waals surface area (Å²) in [5.74, 6) is -0.585. The van der Waals surface area contributed by atoms with Crippen molar-refractivity contribution in [1.29, 1.82) is 0 Å². The van der Waals surface area contributed by atoms with Crippen molar-refractivity contribution >= 4 is 23.6 Å². The highest BCUT2D eigenvalue weighted by Crippen LogP contribution is 2.19. The number of likely N-dealkylation sites (tertiary alicyclic amines) is 1. The van der Waals surface area contributed by atoms with Gasteiger partial charge in [-0.05, 0) is 19.8 Å². The van der Waals surface area contributed by atoms with E-state index in [4.69, 9.17) is 4.74 Å². The molecule has 7 heteroatoms. The SMILES string of the molecule is CCOC(=O)[C@H]1CCCN(C(=O)c2cnsn2)C1. The molecule has 1 fully saturated rings. The van der Waals surface area contributed by atoms with E-state index in [-0.39, 0.29) is 17.8 Å². The summed E-state index contributed by atoms with van der Waals surface area (Å²) in [6.07, 6.45) is 3.05. The zero-order chi connectivity index (χ0) is 13.0. The highest BCUT2D eigenvalue weighted by Gasteiger charge is 2.30. The van der Waals surface area contributed by atoms with Gasteiger partial charge in [0.15, 0.2) is 5.69 Å². The standard InChI is InChI=1S/C11H15N3O3S/c1-2-17-11(16)8-4-3-5-14(7-8)10(15)9-6-12-18-13-9/h6,8H,2-5,7H2,1H3/t8-/m0/s1. The number of carbonyl (C=O) groups is 2. The molecule has 2 heterocycles. The monoisotopic (exact) mass is 269 g/mol. The van der Waals surface area contributed by atoms with Gasteiger partial charge >= 0.3 is 5.97 Å². The average Bonchev–Trinajstić information content (AvgIpc) is 2.92. The lowest BCUT2D eigenvalue weighted by atomic mass is 9.98. The fourth-order valence-electron chi connectivity index (χ4n) is 2.03. The molecule has 1 aliphatic heterocycles. The Morgan fingerprint density at radius 3 is 3.11 bits per heavy atom. The van der Waals surface area contributed by atoms with Crippen LogP contribution in [0, 0.1) is 5.92 Å². The smallest absolute Gasteiger partial charge is 0.310 e. The Bertz CT molecular complexity index is 421. The molecular formula is C11H15N3O3S. The van der Waals surface area contributed by atoms with Crippen LogP contribution >= 0.6 is 11.7 Å². The summed E-state index contributed by atoms with van der Waals surface area (Å²) in [6, 6.07) is 0. The molecule has 0 aliphatic carbocycles. The number of carbonyl (C=O) groups excluding carboxylic acids is 2. The van der Waals surface area contributed by atoms with E-state index in [1.165, 1.54) is 6.20 Å². The summed E-state index contributed by atoms with van der Waals surface area (Å²) < 4.78 is 12.7. The van der Waals surface area contributed by atoms with Crippen LogP contribution < -0.4 is 0 Å². The molecule has 0 aromatic carbocycles. The first-order chi connectivity index (χ1) is 8.72. The predicted molar refractivity (Wildman–Crippen MR) is 65.2 cm³/mol. The van der Waals surface area contributed by atoms with Crippen LogP contribution in [0.3, 0.4) is 0 Å². The van der Waals surface area contributed by atoms with E-state index in [1.54, 1.807) is 11.8 Å². The maximum atomic E-state index is 12.1. The lowest BCUT2D eigenvalue weighted by Gasteiger charge is -2.30. The molecule has 18 heavy (non-hydrogen) atoms. The second-order valence-corrected chi connectivity index (χ2v) is 4.69. The van der Waals surface area contributed by atoms with Crippen molar-refractivity contribution in [2.75, 3.05) is 19.7 Å². The number of aromatic nitrogens is 2. The van der Waals surface area contributed by atoms with Crippen LogP contribution in [0.15, 0.2) is 6.20 Å². The van der Waals surface area contributed by atoms with Crippen LogP contribution in [0.2, 0.25) is 0 Å². The minimum Gasteiger partial charge on any atom is -0.466 e. The van der Waals surface area contributed by atoms with Gasteiger partial charge in [-0.3, -0.25) is 9.59 Å². The van der Waals surface area contributed by atoms with Gasteiger partial charge in [0.25, 0.3) is 5.91 Å². The van der Waals surface area contributed by atoms with Crippen molar-refractivity contribution in [2.24, 2.45) is 5.92 Å². The maximum absolute atomic E-state index is 12.1. The number of hydrogen-bond acceptors (Lipinski definition) is 6. The quantitative estimate of drug-likeness (QED) is 0.764. The number of rotatable bonds is 3. The highest BCUT2D eigenvalue weighted by atomic mass is 32.1. The van der Waals surface area contributed by atoms with E-state index in [1.807, 2.05) is 0 Å². The van der Waals surface area contributed by atoms with Gasteiger partial charge in [-0.1, -0.05) is 0 Å². The summed E-state index contributed by atoms with van der Waals surface area (Å²) >= 11 is 1.01. The van der Waals surface area contributed by atoms with Gasteiger partial charge in [-0.2, -0.15) is 8.75 Å². The minimum absolute atomic E-state index is 0.155. The Morgan fingerprint density at radius 1 is 1.61 bits per heavy atom. The van der Waals surface area contributed by atoms with Gasteiger partial charge in [0.05, 0.1) is 30.4 Å². The van der Waals surface area contributed by atoms with E-state index < -0.39 is 0 Å². The first-order valence-electron chi connectivity index (χ1n) is 5.96. The van der Waals surface area contributed by atoms with Gasteiger partial charge in [0.2, 0.25) is 0 Å². The van der Waals surface area contributed by atoms with Gasteiger partial charge in [0.1, 0.15) is 0 Å². The Labute approximate surface area is 109 Å². The third-order valence-electron chi connectivity index (χ3n) is 2.91.